The van der Waals surface area contributed by atoms with Gasteiger partial charge in [-0.05, 0) is 30.8 Å². The molecule has 154 valence electrons. The van der Waals surface area contributed by atoms with E-state index in [0.717, 1.165) is 0 Å². The maximum Gasteiger partial charge on any atom is 0.292 e. The van der Waals surface area contributed by atoms with Gasteiger partial charge in [0.15, 0.2) is 0 Å². The number of halogens is 1. The summed E-state index contributed by atoms with van der Waals surface area (Å²) in [5, 5.41) is 16.6. The summed E-state index contributed by atoms with van der Waals surface area (Å²) >= 11 is 5.86. The number of hydrogen-bond acceptors (Lipinski definition) is 6. The minimum absolute atomic E-state index is 0.00406. The van der Waals surface area contributed by atoms with Crippen LogP contribution >= 0.6 is 11.6 Å². The Morgan fingerprint density at radius 1 is 1.14 bits per heavy atom. The van der Waals surface area contributed by atoms with E-state index in [1.54, 1.807) is 36.1 Å². The Morgan fingerprint density at radius 3 is 2.45 bits per heavy atom. The van der Waals surface area contributed by atoms with E-state index in [0.29, 0.717) is 18.0 Å². The smallest absolute Gasteiger partial charge is 0.292 e. The molecule has 0 bridgehead atoms. The lowest BCUT2D eigenvalue weighted by molar-refractivity contribution is -0.383. The quantitative estimate of drug-likeness (QED) is 0.475. The summed E-state index contributed by atoms with van der Waals surface area (Å²) < 4.78 is 5.11. The van der Waals surface area contributed by atoms with Gasteiger partial charge in [0.1, 0.15) is 11.4 Å². The van der Waals surface area contributed by atoms with Gasteiger partial charge in [0.05, 0.1) is 25.1 Å². The Hall–Kier alpha value is -3.17. The largest absolute Gasteiger partial charge is 0.497 e. The molecule has 0 saturated heterocycles. The minimum Gasteiger partial charge on any atom is -0.497 e. The highest BCUT2D eigenvalue weighted by Crippen LogP contribution is 2.27. The molecule has 10 heteroatoms. The first-order chi connectivity index (χ1) is 13.8. The number of nitro benzene ring substituents is 1. The molecule has 2 rings (SSSR count). The van der Waals surface area contributed by atoms with Crippen molar-refractivity contribution in [2.75, 3.05) is 37.4 Å². The Balaban J connectivity index is 1.97. The summed E-state index contributed by atoms with van der Waals surface area (Å²) in [7, 11) is 1.53. The second-order valence-electron chi connectivity index (χ2n) is 6.05. The zero-order chi connectivity index (χ0) is 21.4. The lowest BCUT2D eigenvalue weighted by atomic mass is 10.2. The maximum absolute atomic E-state index is 12.3. The number of hydrogen-bond donors (Lipinski definition) is 2. The number of rotatable bonds is 9. The van der Waals surface area contributed by atoms with E-state index in [9.17, 15) is 19.7 Å². The van der Waals surface area contributed by atoms with Gasteiger partial charge in [-0.2, -0.15) is 0 Å². The third-order valence-electron chi connectivity index (χ3n) is 3.96. The van der Waals surface area contributed by atoms with Gasteiger partial charge in [-0.3, -0.25) is 24.6 Å². The highest BCUT2D eigenvalue weighted by Gasteiger charge is 2.18. The van der Waals surface area contributed by atoms with E-state index < -0.39 is 10.8 Å². The highest BCUT2D eigenvalue weighted by molar-refractivity contribution is 6.31. The number of carbonyl (C=O) groups is 2. The van der Waals surface area contributed by atoms with Gasteiger partial charge < -0.3 is 15.4 Å². The van der Waals surface area contributed by atoms with Crippen LogP contribution in [0.25, 0.3) is 0 Å². The fraction of sp³-hybridized carbons (Fsp3) is 0.263. The van der Waals surface area contributed by atoms with Crippen LogP contribution in [0.2, 0.25) is 5.02 Å². The minimum atomic E-state index is -0.606. The molecule has 0 spiro atoms. The molecule has 0 atom stereocenters. The number of ether oxygens (including phenoxy) is 1. The number of methoxy groups -OCH3 is 1. The second-order valence-corrected chi connectivity index (χ2v) is 6.49. The monoisotopic (exact) mass is 420 g/mol. The molecule has 2 N–H and O–H groups in total. The van der Waals surface area contributed by atoms with Crippen molar-refractivity contribution in [1.82, 2.24) is 4.90 Å². The van der Waals surface area contributed by atoms with Crippen LogP contribution < -0.4 is 15.4 Å². The fourth-order valence-electron chi connectivity index (χ4n) is 2.54. The molecule has 0 aromatic heterocycles. The van der Waals surface area contributed by atoms with Crippen LogP contribution in [-0.2, 0) is 9.59 Å². The van der Waals surface area contributed by atoms with Crippen LogP contribution in [-0.4, -0.2) is 48.4 Å². The number of amides is 2. The predicted octanol–water partition coefficient (Wildman–Crippen LogP) is 3.16. The summed E-state index contributed by atoms with van der Waals surface area (Å²) in [6.07, 6.45) is 0. The number of carbonyl (C=O) groups excluding carboxylic acids is 2. The molecule has 2 aromatic carbocycles. The van der Waals surface area contributed by atoms with Gasteiger partial charge in [0.25, 0.3) is 5.69 Å². The number of anilines is 2. The summed E-state index contributed by atoms with van der Waals surface area (Å²) in [5.41, 5.74) is 0.315. The third kappa shape index (κ3) is 6.74. The predicted molar refractivity (Wildman–Crippen MR) is 110 cm³/mol. The summed E-state index contributed by atoms with van der Waals surface area (Å²) in [5.74, 6) is -0.189. The van der Waals surface area contributed by atoms with Gasteiger partial charge in [-0.15, -0.1) is 0 Å². The standard InChI is InChI=1S/C19H21ClN4O5/c1-3-23(11-18(25)21-14-5-4-6-15(10-14)29-2)12-19(26)22-16-9-13(20)7-8-17(16)24(27)28/h4-10H,3,11-12H2,1-2H3,(H,21,25)(H,22,26). The Bertz CT molecular complexity index is 906. The van der Waals surface area contributed by atoms with Gasteiger partial charge in [0, 0.05) is 22.8 Å². The molecule has 0 saturated carbocycles. The number of nitro groups is 1. The van der Waals surface area contributed by atoms with E-state index in [1.807, 2.05) is 0 Å². The number of benzene rings is 2. The van der Waals surface area contributed by atoms with Gasteiger partial charge in [0.2, 0.25) is 11.8 Å². The maximum atomic E-state index is 12.3. The third-order valence-corrected chi connectivity index (χ3v) is 4.20. The van der Waals surface area contributed by atoms with Gasteiger partial charge >= 0.3 is 0 Å². The van der Waals surface area contributed by atoms with Crippen molar-refractivity contribution in [3.8, 4) is 5.75 Å². The second kappa shape index (κ2) is 10.4. The topological polar surface area (TPSA) is 114 Å². The number of nitrogens with one attached hydrogen (secondary N) is 2. The first-order valence-corrected chi connectivity index (χ1v) is 9.10. The van der Waals surface area contributed by atoms with Crippen LogP contribution in [0, 0.1) is 10.1 Å². The average Bonchev–Trinajstić information content (AvgIpc) is 2.67. The van der Waals surface area contributed by atoms with Crippen molar-refractivity contribution in [3.63, 3.8) is 0 Å². The molecule has 0 radical (unpaired) electrons. The van der Waals surface area contributed by atoms with Crippen molar-refractivity contribution < 1.29 is 19.2 Å². The molecule has 0 heterocycles. The zero-order valence-corrected chi connectivity index (χ0v) is 16.7. The summed E-state index contributed by atoms with van der Waals surface area (Å²) in [6.45, 7) is 2.08. The molecular formula is C19H21ClN4O5. The Labute approximate surface area is 172 Å². The first kappa shape index (κ1) is 22.1. The van der Waals surface area contributed by atoms with Crippen LogP contribution in [0.3, 0.4) is 0 Å². The zero-order valence-electron chi connectivity index (χ0n) is 16.0. The van der Waals surface area contributed by atoms with E-state index in [1.165, 1.54) is 25.3 Å². The van der Waals surface area contributed by atoms with E-state index in [2.05, 4.69) is 10.6 Å². The molecule has 2 amide bonds. The van der Waals surface area contributed by atoms with Crippen molar-refractivity contribution in [2.24, 2.45) is 0 Å². The van der Waals surface area contributed by atoms with Gasteiger partial charge in [-0.1, -0.05) is 24.6 Å². The average molecular weight is 421 g/mol. The van der Waals surface area contributed by atoms with E-state index >= 15 is 0 Å². The molecule has 0 aliphatic heterocycles. The molecule has 0 aliphatic rings. The van der Waals surface area contributed by atoms with E-state index in [4.69, 9.17) is 16.3 Å². The van der Waals surface area contributed by atoms with Crippen molar-refractivity contribution >= 4 is 40.5 Å². The Morgan fingerprint density at radius 2 is 1.83 bits per heavy atom. The van der Waals surface area contributed by atoms with Gasteiger partial charge in [-0.25, -0.2) is 0 Å². The Kier molecular flexibility index (Phi) is 7.93. The van der Waals surface area contributed by atoms with Crippen LogP contribution in [0.5, 0.6) is 5.75 Å². The normalized spacial score (nSPS) is 10.5. The number of nitrogens with zero attached hydrogens (tertiary/aromatic N) is 2. The van der Waals surface area contributed by atoms with Crippen molar-refractivity contribution in [3.05, 3.63) is 57.6 Å². The summed E-state index contributed by atoms with van der Waals surface area (Å²) in [4.78, 5) is 36.7. The molecular weight excluding hydrogens is 400 g/mol. The molecule has 0 fully saturated rings. The van der Waals surface area contributed by atoms with Crippen LogP contribution in [0.15, 0.2) is 42.5 Å². The number of likely N-dealkylation sites (N-methyl/N-ethyl adjacent to an activating group) is 1. The molecule has 0 aliphatic carbocycles. The fourth-order valence-corrected chi connectivity index (χ4v) is 2.72. The molecule has 9 nitrogen and oxygen atoms in total. The van der Waals surface area contributed by atoms with Crippen LogP contribution in [0.1, 0.15) is 6.92 Å². The lowest BCUT2D eigenvalue weighted by Gasteiger charge is -2.19. The molecule has 0 unspecified atom stereocenters. The van der Waals surface area contributed by atoms with Crippen molar-refractivity contribution in [2.45, 2.75) is 6.92 Å². The SMILES string of the molecule is CCN(CC(=O)Nc1cccc(OC)c1)CC(=O)Nc1cc(Cl)ccc1[N+](=O)[O-]. The van der Waals surface area contributed by atoms with E-state index in [-0.39, 0.29) is 35.4 Å². The first-order valence-electron chi connectivity index (χ1n) is 8.72. The molecule has 29 heavy (non-hydrogen) atoms. The lowest BCUT2D eigenvalue weighted by Crippen LogP contribution is -2.38. The molecule has 2 aromatic rings. The highest BCUT2D eigenvalue weighted by atomic mass is 35.5. The van der Waals surface area contributed by atoms with Crippen LogP contribution in [0.4, 0.5) is 17.1 Å². The van der Waals surface area contributed by atoms with Crippen molar-refractivity contribution in [1.29, 1.82) is 0 Å². The summed E-state index contributed by atoms with van der Waals surface area (Å²) in [6, 6.07) is 10.8.